The highest BCUT2D eigenvalue weighted by Gasteiger charge is 2.22. The van der Waals surface area contributed by atoms with E-state index in [-0.39, 0.29) is 25.7 Å². The lowest BCUT2D eigenvalue weighted by Gasteiger charge is -2.26. The zero-order valence-electron chi connectivity index (χ0n) is 15.0. The molecule has 0 aliphatic carbocycles. The molecule has 0 fully saturated rings. The van der Waals surface area contributed by atoms with E-state index in [1.54, 1.807) is 32.9 Å². The molecule has 0 aliphatic rings. The minimum Gasteiger partial charge on any atom is -0.462 e. The van der Waals surface area contributed by atoms with Crippen LogP contribution >= 0.6 is 22.6 Å². The normalized spacial score (nSPS) is 11.4. The van der Waals surface area contributed by atoms with Crippen LogP contribution in [0.2, 0.25) is 0 Å². The van der Waals surface area contributed by atoms with Gasteiger partial charge >= 0.3 is 12.1 Å². The summed E-state index contributed by atoms with van der Waals surface area (Å²) in [6.45, 7) is 7.29. The smallest absolute Gasteiger partial charge is 0.434 e. The predicted octanol–water partition coefficient (Wildman–Crippen LogP) is 4.08. The highest BCUT2D eigenvalue weighted by atomic mass is 127. The molecule has 0 aromatic heterocycles. The number of hydroxylamine groups is 2. The van der Waals surface area contributed by atoms with Crippen molar-refractivity contribution in [1.82, 2.24) is 5.06 Å². The first-order valence-corrected chi connectivity index (χ1v) is 8.92. The molecule has 0 aliphatic heterocycles. The molecule has 1 aromatic carbocycles. The van der Waals surface area contributed by atoms with Crippen LogP contribution in [0.5, 0.6) is 0 Å². The molecule has 0 N–H and O–H groups in total. The molecule has 0 spiro atoms. The summed E-state index contributed by atoms with van der Waals surface area (Å²) in [4.78, 5) is 28.7. The maximum absolute atomic E-state index is 12.3. The Morgan fingerprint density at radius 2 is 1.88 bits per heavy atom. The summed E-state index contributed by atoms with van der Waals surface area (Å²) in [6.07, 6.45) is 2.76. The van der Waals surface area contributed by atoms with Crippen molar-refractivity contribution in [1.29, 1.82) is 0 Å². The molecular weight excluding hydrogens is 437 g/mol. The van der Waals surface area contributed by atoms with Crippen LogP contribution in [0.25, 0.3) is 0 Å². The number of carbonyl (C=O) groups excluding carboxylic acids is 2. The quantitative estimate of drug-likeness (QED) is 0.265. The molecule has 0 saturated carbocycles. The van der Waals surface area contributed by atoms with Crippen molar-refractivity contribution >= 4 is 34.7 Å². The Bertz CT molecular complexity index is 610. The van der Waals surface area contributed by atoms with E-state index in [9.17, 15) is 9.59 Å². The molecule has 7 heteroatoms. The Kier molecular flexibility index (Phi) is 8.91. The number of hydrogen-bond acceptors (Lipinski definition) is 5. The average molecular weight is 461 g/mol. The molecule has 6 nitrogen and oxygen atoms in total. The van der Waals surface area contributed by atoms with E-state index in [0.717, 1.165) is 14.2 Å². The van der Waals surface area contributed by atoms with Gasteiger partial charge in [-0.15, -0.1) is 0 Å². The molecule has 1 amide bonds. The van der Waals surface area contributed by atoms with Gasteiger partial charge in [-0.1, -0.05) is 24.3 Å². The van der Waals surface area contributed by atoms with Crippen LogP contribution in [0.4, 0.5) is 4.79 Å². The first-order valence-electron chi connectivity index (χ1n) is 7.84. The summed E-state index contributed by atoms with van der Waals surface area (Å²) in [7, 11) is 0. The van der Waals surface area contributed by atoms with E-state index in [0.29, 0.717) is 0 Å². The predicted molar refractivity (Wildman–Crippen MR) is 103 cm³/mol. The maximum atomic E-state index is 12.3. The highest BCUT2D eigenvalue weighted by molar-refractivity contribution is 14.1. The van der Waals surface area contributed by atoms with Gasteiger partial charge in [-0.3, -0.25) is 9.63 Å². The Labute approximate surface area is 162 Å². The van der Waals surface area contributed by atoms with Gasteiger partial charge in [0.25, 0.3) is 0 Å². The number of rotatable bonds is 7. The van der Waals surface area contributed by atoms with Crippen LogP contribution in [-0.4, -0.2) is 35.9 Å². The Morgan fingerprint density at radius 1 is 1.20 bits per heavy atom. The van der Waals surface area contributed by atoms with Crippen molar-refractivity contribution in [2.45, 2.75) is 39.9 Å². The highest BCUT2D eigenvalue weighted by Crippen LogP contribution is 2.15. The summed E-state index contributed by atoms with van der Waals surface area (Å²) in [5.74, 6) is -0.358. The minimum absolute atomic E-state index is 0.147. The topological polar surface area (TPSA) is 65.1 Å². The summed E-state index contributed by atoms with van der Waals surface area (Å²) in [5, 5.41) is 1.15. The number of carbonyl (C=O) groups is 2. The van der Waals surface area contributed by atoms with Crippen molar-refractivity contribution in [3.05, 3.63) is 45.6 Å². The van der Waals surface area contributed by atoms with E-state index >= 15 is 0 Å². The summed E-state index contributed by atoms with van der Waals surface area (Å²) in [6, 6.07) is 7.76. The van der Waals surface area contributed by atoms with Crippen LogP contribution in [0.1, 0.15) is 33.3 Å². The Hall–Kier alpha value is -1.61. The van der Waals surface area contributed by atoms with Gasteiger partial charge in [0.1, 0.15) is 18.8 Å². The molecule has 0 unspecified atom stereocenters. The van der Waals surface area contributed by atoms with E-state index in [1.165, 1.54) is 6.92 Å². The van der Waals surface area contributed by atoms with E-state index in [1.807, 2.05) is 24.3 Å². The number of benzene rings is 1. The molecule has 0 bridgehead atoms. The van der Waals surface area contributed by atoms with Crippen LogP contribution in [-0.2, 0) is 25.7 Å². The van der Waals surface area contributed by atoms with Crippen molar-refractivity contribution in [2.75, 3.05) is 13.2 Å². The third-order valence-corrected chi connectivity index (χ3v) is 3.80. The number of amides is 1. The van der Waals surface area contributed by atoms with Crippen molar-refractivity contribution in [3.8, 4) is 0 Å². The molecule has 0 heterocycles. The van der Waals surface area contributed by atoms with Gasteiger partial charge in [-0.2, -0.15) is 5.06 Å². The van der Waals surface area contributed by atoms with E-state index in [2.05, 4.69) is 22.6 Å². The fourth-order valence-corrected chi connectivity index (χ4v) is 2.20. The van der Waals surface area contributed by atoms with Crippen LogP contribution in [0.3, 0.4) is 0 Å². The SMILES string of the molecule is CC(=O)OC/C=C\CN(OCc1ccccc1I)C(=O)OC(C)(C)C. The zero-order chi connectivity index (χ0) is 18.9. The number of ether oxygens (including phenoxy) is 2. The van der Waals surface area contributed by atoms with Gasteiger partial charge in [0, 0.05) is 10.5 Å². The molecule has 25 heavy (non-hydrogen) atoms. The van der Waals surface area contributed by atoms with Crippen LogP contribution in [0, 0.1) is 3.57 Å². The lowest BCUT2D eigenvalue weighted by molar-refractivity contribution is -0.150. The number of esters is 1. The van der Waals surface area contributed by atoms with Crippen molar-refractivity contribution in [3.63, 3.8) is 0 Å². The van der Waals surface area contributed by atoms with Crippen molar-refractivity contribution < 1.29 is 23.9 Å². The van der Waals surface area contributed by atoms with E-state index < -0.39 is 11.7 Å². The fourth-order valence-electron chi connectivity index (χ4n) is 1.66. The second-order valence-electron chi connectivity index (χ2n) is 6.18. The van der Waals surface area contributed by atoms with Gasteiger partial charge < -0.3 is 9.47 Å². The fraction of sp³-hybridized carbons (Fsp3) is 0.444. The van der Waals surface area contributed by atoms with Gasteiger partial charge in [0.15, 0.2) is 0 Å². The largest absolute Gasteiger partial charge is 0.462 e. The second kappa shape index (κ2) is 10.4. The molecule has 1 aromatic rings. The average Bonchev–Trinajstić information content (AvgIpc) is 2.49. The monoisotopic (exact) mass is 461 g/mol. The lowest BCUT2D eigenvalue weighted by atomic mass is 10.2. The molecular formula is C18H24INO5. The number of nitrogens with zero attached hydrogens (tertiary/aromatic N) is 1. The minimum atomic E-state index is -0.624. The first-order chi connectivity index (χ1) is 11.7. The molecule has 0 saturated heterocycles. The lowest BCUT2D eigenvalue weighted by Crippen LogP contribution is -2.37. The summed E-state index contributed by atoms with van der Waals surface area (Å²) >= 11 is 2.22. The van der Waals surface area contributed by atoms with Gasteiger partial charge in [0.05, 0.1) is 6.54 Å². The molecule has 0 atom stereocenters. The van der Waals surface area contributed by atoms with Crippen LogP contribution in [0.15, 0.2) is 36.4 Å². The Balaban J connectivity index is 2.68. The van der Waals surface area contributed by atoms with Crippen molar-refractivity contribution in [2.24, 2.45) is 0 Å². The Morgan fingerprint density at radius 3 is 2.48 bits per heavy atom. The third kappa shape index (κ3) is 9.45. The molecule has 1 rings (SSSR count). The van der Waals surface area contributed by atoms with Crippen LogP contribution < -0.4 is 0 Å². The first kappa shape index (κ1) is 21.4. The summed E-state index contributed by atoms with van der Waals surface area (Å²) in [5.41, 5.74) is 0.349. The molecule has 0 radical (unpaired) electrons. The second-order valence-corrected chi connectivity index (χ2v) is 7.34. The van der Waals surface area contributed by atoms with Gasteiger partial charge in [-0.05, 0) is 61.1 Å². The van der Waals surface area contributed by atoms with Gasteiger partial charge in [0.2, 0.25) is 0 Å². The summed E-state index contributed by atoms with van der Waals surface area (Å²) < 4.78 is 11.2. The number of hydrogen-bond donors (Lipinski definition) is 0. The zero-order valence-corrected chi connectivity index (χ0v) is 17.1. The van der Waals surface area contributed by atoms with Gasteiger partial charge in [-0.25, -0.2) is 4.79 Å². The molecule has 138 valence electrons. The maximum Gasteiger partial charge on any atom is 0.434 e. The standard InChI is InChI=1S/C18H24INO5/c1-14(21)23-12-8-7-11-20(17(22)25-18(2,3)4)24-13-15-9-5-6-10-16(15)19/h5-10H,11-13H2,1-4H3/b8-7-. The number of halogens is 1. The van der Waals surface area contributed by atoms with E-state index in [4.69, 9.17) is 14.3 Å². The third-order valence-electron chi connectivity index (χ3n) is 2.75.